The quantitative estimate of drug-likeness (QED) is 0.797. The Bertz CT molecular complexity index is 797. The number of aromatic nitrogens is 2. The Morgan fingerprint density at radius 1 is 1.23 bits per heavy atom. The Hall–Kier alpha value is -2.61. The molecule has 8 heteroatoms. The van der Waals surface area contributed by atoms with E-state index < -0.39 is 0 Å². The fourth-order valence-corrected chi connectivity index (χ4v) is 3.39. The molecule has 0 bridgehead atoms. The van der Waals surface area contributed by atoms with Gasteiger partial charge in [0, 0.05) is 18.8 Å². The van der Waals surface area contributed by atoms with E-state index in [0.717, 1.165) is 34.6 Å². The molecular formula is C18H20N4O3S. The van der Waals surface area contributed by atoms with Crippen LogP contribution in [0.15, 0.2) is 36.7 Å². The van der Waals surface area contributed by atoms with Gasteiger partial charge in [-0.05, 0) is 31.0 Å². The van der Waals surface area contributed by atoms with E-state index in [9.17, 15) is 9.59 Å². The van der Waals surface area contributed by atoms with Gasteiger partial charge in [-0.15, -0.1) is 0 Å². The molecule has 1 aliphatic rings. The number of anilines is 1. The molecule has 1 fully saturated rings. The molecule has 7 nitrogen and oxygen atoms in total. The zero-order valence-electron chi connectivity index (χ0n) is 14.6. The summed E-state index contributed by atoms with van der Waals surface area (Å²) in [5, 5.41) is 1.68. The van der Waals surface area contributed by atoms with E-state index >= 15 is 0 Å². The van der Waals surface area contributed by atoms with E-state index in [4.69, 9.17) is 4.74 Å². The minimum absolute atomic E-state index is 0.219. The van der Waals surface area contributed by atoms with Crippen LogP contribution in [0.1, 0.15) is 11.3 Å². The van der Waals surface area contributed by atoms with Gasteiger partial charge in [-0.25, -0.2) is 9.97 Å². The largest absolute Gasteiger partial charge is 0.492 e. The first-order valence-electron chi connectivity index (χ1n) is 8.24. The SMILES string of the molecule is Cc1cc(N(C)CCOc2ccc(CC3SC(=O)NC3=O)cc2)ncn1. The maximum absolute atomic E-state index is 11.6. The standard InChI is InChI=1S/C18H20N4O3S/c1-12-9-16(20-11-19-12)22(2)7-8-25-14-5-3-13(4-6-14)10-15-17(23)21-18(24)26-15/h3-6,9,11,15H,7-8,10H2,1-2H3,(H,21,23,24). The van der Waals surface area contributed by atoms with Crippen LogP contribution in [0.25, 0.3) is 0 Å². The number of aryl methyl sites for hydroxylation is 1. The minimum atomic E-state index is -0.348. The molecule has 136 valence electrons. The van der Waals surface area contributed by atoms with Crippen molar-refractivity contribution in [3.05, 3.63) is 47.9 Å². The second kappa shape index (κ2) is 8.18. The highest BCUT2D eigenvalue weighted by atomic mass is 32.2. The van der Waals surface area contributed by atoms with Crippen LogP contribution in [0.4, 0.5) is 10.6 Å². The lowest BCUT2D eigenvalue weighted by molar-refractivity contribution is -0.118. The Balaban J connectivity index is 1.47. The van der Waals surface area contributed by atoms with Gasteiger partial charge in [0.2, 0.25) is 5.91 Å². The van der Waals surface area contributed by atoms with Crippen LogP contribution >= 0.6 is 11.8 Å². The lowest BCUT2D eigenvalue weighted by Gasteiger charge is -2.18. The molecule has 0 spiro atoms. The van der Waals surface area contributed by atoms with Crippen molar-refractivity contribution in [1.82, 2.24) is 15.3 Å². The van der Waals surface area contributed by atoms with E-state index in [1.54, 1.807) is 6.33 Å². The molecule has 1 aromatic carbocycles. The number of rotatable bonds is 7. The van der Waals surface area contributed by atoms with Gasteiger partial charge in [-0.3, -0.25) is 14.9 Å². The van der Waals surface area contributed by atoms with Gasteiger partial charge in [0.25, 0.3) is 5.24 Å². The third-order valence-electron chi connectivity index (χ3n) is 3.99. The number of amides is 2. The number of carbonyl (C=O) groups is 2. The molecule has 2 aromatic rings. The van der Waals surface area contributed by atoms with Gasteiger partial charge in [0.15, 0.2) is 0 Å². The topological polar surface area (TPSA) is 84.4 Å². The normalized spacial score (nSPS) is 16.5. The van der Waals surface area contributed by atoms with Gasteiger partial charge in [0.1, 0.15) is 24.5 Å². The van der Waals surface area contributed by atoms with E-state index in [-0.39, 0.29) is 16.4 Å². The van der Waals surface area contributed by atoms with Crippen molar-refractivity contribution in [2.24, 2.45) is 0 Å². The highest BCUT2D eigenvalue weighted by Crippen LogP contribution is 2.23. The second-order valence-corrected chi connectivity index (χ2v) is 7.19. The molecule has 3 rings (SSSR count). The van der Waals surface area contributed by atoms with Crippen molar-refractivity contribution in [3.63, 3.8) is 0 Å². The first-order chi connectivity index (χ1) is 12.5. The first-order valence-corrected chi connectivity index (χ1v) is 9.12. The van der Waals surface area contributed by atoms with Crippen LogP contribution in [-0.4, -0.2) is 46.6 Å². The predicted molar refractivity (Wildman–Crippen MR) is 101 cm³/mol. The number of hydrogen-bond acceptors (Lipinski definition) is 7. The summed E-state index contributed by atoms with van der Waals surface area (Å²) in [6.45, 7) is 3.15. The van der Waals surface area contributed by atoms with Crippen LogP contribution in [-0.2, 0) is 11.2 Å². The van der Waals surface area contributed by atoms with E-state index in [0.29, 0.717) is 19.6 Å². The van der Waals surface area contributed by atoms with E-state index in [2.05, 4.69) is 15.3 Å². The van der Waals surface area contributed by atoms with Gasteiger partial charge in [0.05, 0.1) is 11.8 Å². The highest BCUT2D eigenvalue weighted by molar-refractivity contribution is 8.15. The maximum atomic E-state index is 11.6. The van der Waals surface area contributed by atoms with Crippen LogP contribution in [0.2, 0.25) is 0 Å². The number of imide groups is 1. The molecule has 2 amide bonds. The van der Waals surface area contributed by atoms with Gasteiger partial charge in [-0.1, -0.05) is 23.9 Å². The summed E-state index contributed by atoms with van der Waals surface area (Å²) < 4.78 is 5.77. The van der Waals surface area contributed by atoms with Crippen LogP contribution in [0, 0.1) is 6.92 Å². The van der Waals surface area contributed by atoms with Crippen LogP contribution < -0.4 is 15.0 Å². The Morgan fingerprint density at radius 2 is 2.00 bits per heavy atom. The molecule has 1 aliphatic heterocycles. The molecule has 0 radical (unpaired) electrons. The van der Waals surface area contributed by atoms with Crippen molar-refractivity contribution >= 4 is 28.7 Å². The van der Waals surface area contributed by atoms with E-state index in [1.165, 1.54) is 0 Å². The third kappa shape index (κ3) is 4.72. The molecular weight excluding hydrogens is 352 g/mol. The molecule has 26 heavy (non-hydrogen) atoms. The average molecular weight is 372 g/mol. The van der Waals surface area contributed by atoms with Crippen molar-refractivity contribution in [2.45, 2.75) is 18.6 Å². The predicted octanol–water partition coefficient (Wildman–Crippen LogP) is 2.19. The molecule has 2 heterocycles. The number of hydrogen-bond donors (Lipinski definition) is 1. The summed E-state index contributed by atoms with van der Waals surface area (Å²) in [4.78, 5) is 33.1. The van der Waals surface area contributed by atoms with Gasteiger partial charge < -0.3 is 9.64 Å². The average Bonchev–Trinajstić information content (AvgIpc) is 2.93. The number of benzene rings is 1. The van der Waals surface area contributed by atoms with E-state index in [1.807, 2.05) is 49.2 Å². The first kappa shape index (κ1) is 18.2. The van der Waals surface area contributed by atoms with Crippen LogP contribution in [0.3, 0.4) is 0 Å². The zero-order valence-corrected chi connectivity index (χ0v) is 15.5. The van der Waals surface area contributed by atoms with Gasteiger partial charge >= 0.3 is 0 Å². The second-order valence-electron chi connectivity index (χ2n) is 6.02. The zero-order chi connectivity index (χ0) is 18.5. The van der Waals surface area contributed by atoms with Crippen molar-refractivity contribution in [3.8, 4) is 5.75 Å². The number of nitrogens with one attached hydrogen (secondary N) is 1. The number of carbonyl (C=O) groups excluding carboxylic acids is 2. The van der Waals surface area contributed by atoms with Gasteiger partial charge in [-0.2, -0.15) is 0 Å². The number of likely N-dealkylation sites (N-methyl/N-ethyl adjacent to an activating group) is 1. The molecule has 1 aromatic heterocycles. The summed E-state index contributed by atoms with van der Waals surface area (Å²) in [7, 11) is 1.96. The van der Waals surface area contributed by atoms with Crippen molar-refractivity contribution < 1.29 is 14.3 Å². The highest BCUT2D eigenvalue weighted by Gasteiger charge is 2.31. The lowest BCUT2D eigenvalue weighted by atomic mass is 10.1. The molecule has 1 unspecified atom stereocenters. The van der Waals surface area contributed by atoms with Crippen molar-refractivity contribution in [1.29, 1.82) is 0 Å². The Kier molecular flexibility index (Phi) is 5.72. The molecule has 1 atom stereocenters. The number of ether oxygens (including phenoxy) is 1. The van der Waals surface area contributed by atoms with Crippen molar-refractivity contribution in [2.75, 3.05) is 25.1 Å². The summed E-state index contributed by atoms with van der Waals surface area (Å²) in [5.74, 6) is 1.40. The summed E-state index contributed by atoms with van der Waals surface area (Å²) >= 11 is 1.04. The fourth-order valence-electron chi connectivity index (χ4n) is 2.53. The van der Waals surface area contributed by atoms with Crippen LogP contribution in [0.5, 0.6) is 5.75 Å². The maximum Gasteiger partial charge on any atom is 0.286 e. The number of thioether (sulfide) groups is 1. The summed E-state index contributed by atoms with van der Waals surface area (Å²) in [6.07, 6.45) is 2.08. The summed E-state index contributed by atoms with van der Waals surface area (Å²) in [5.41, 5.74) is 1.92. The monoisotopic (exact) mass is 372 g/mol. The lowest BCUT2D eigenvalue weighted by Crippen LogP contribution is -2.25. The fraction of sp³-hybridized carbons (Fsp3) is 0.333. The Labute approximate surface area is 156 Å². The third-order valence-corrected chi connectivity index (χ3v) is 4.97. The molecule has 1 N–H and O–H groups in total. The summed E-state index contributed by atoms with van der Waals surface area (Å²) in [6, 6.07) is 9.52. The molecule has 1 saturated heterocycles. The Morgan fingerprint density at radius 3 is 2.65 bits per heavy atom. The minimum Gasteiger partial charge on any atom is -0.492 e. The smallest absolute Gasteiger partial charge is 0.286 e. The molecule has 0 aliphatic carbocycles. The number of nitrogens with zero attached hydrogens (tertiary/aromatic N) is 3. The molecule has 0 saturated carbocycles.